The molecule has 1 aliphatic rings. The fourth-order valence-corrected chi connectivity index (χ4v) is 2.85. The van der Waals surface area contributed by atoms with Crippen LogP contribution in [0.15, 0.2) is 9.59 Å². The Bertz CT molecular complexity index is 718. The van der Waals surface area contributed by atoms with Gasteiger partial charge < -0.3 is 15.2 Å². The van der Waals surface area contributed by atoms with E-state index in [0.717, 1.165) is 6.42 Å². The van der Waals surface area contributed by atoms with E-state index in [4.69, 9.17) is 15.2 Å². The first-order valence-corrected chi connectivity index (χ1v) is 8.41. The zero-order valence-electron chi connectivity index (χ0n) is 14.9. The molecule has 2 heterocycles. The van der Waals surface area contributed by atoms with Crippen molar-refractivity contribution in [2.24, 2.45) is 5.92 Å². The highest BCUT2D eigenvalue weighted by atomic mass is 16.5. The number of aromatic amines is 1. The van der Waals surface area contributed by atoms with Gasteiger partial charge in [-0.1, -0.05) is 13.8 Å². The standard InChI is InChI=1S/C16H26N4O5/c1-10(2)9-20-13(17)12(14(21)18-16(20)23)19(6-8-24-3)15(22)11-5-4-7-25-11/h10-11H,4-9,17H2,1-3H3,(H,18,21,23)/t11-/m1/s1. The number of amides is 1. The quantitative estimate of drug-likeness (QED) is 0.707. The van der Waals surface area contributed by atoms with Gasteiger partial charge in [-0.25, -0.2) is 4.79 Å². The summed E-state index contributed by atoms with van der Waals surface area (Å²) in [4.78, 5) is 40.8. The fraction of sp³-hybridized carbons (Fsp3) is 0.688. The number of hydrogen-bond donors (Lipinski definition) is 2. The summed E-state index contributed by atoms with van der Waals surface area (Å²) in [7, 11) is 1.50. The van der Waals surface area contributed by atoms with Gasteiger partial charge in [0.25, 0.3) is 11.5 Å². The molecule has 25 heavy (non-hydrogen) atoms. The first-order valence-electron chi connectivity index (χ1n) is 8.41. The number of H-pyrrole nitrogens is 1. The SMILES string of the molecule is COCCN(C(=O)[C@H]1CCCO1)c1c(N)n(CC(C)C)c(=O)[nH]c1=O. The molecular formula is C16H26N4O5. The van der Waals surface area contributed by atoms with Crippen LogP contribution in [0.1, 0.15) is 26.7 Å². The topological polar surface area (TPSA) is 120 Å². The van der Waals surface area contributed by atoms with Gasteiger partial charge in [-0.15, -0.1) is 0 Å². The van der Waals surface area contributed by atoms with E-state index in [1.165, 1.54) is 16.6 Å². The summed E-state index contributed by atoms with van der Waals surface area (Å²) in [5.41, 5.74) is 4.80. The largest absolute Gasteiger partial charge is 0.383 e. The molecule has 0 aromatic carbocycles. The molecule has 0 unspecified atom stereocenters. The molecule has 9 nitrogen and oxygen atoms in total. The van der Waals surface area contributed by atoms with E-state index in [1.54, 1.807) is 0 Å². The van der Waals surface area contributed by atoms with Gasteiger partial charge in [-0.2, -0.15) is 0 Å². The highest BCUT2D eigenvalue weighted by Crippen LogP contribution is 2.22. The number of rotatable bonds is 7. The Kier molecular flexibility index (Phi) is 6.38. The molecule has 0 aliphatic carbocycles. The summed E-state index contributed by atoms with van der Waals surface area (Å²) in [5.74, 6) is -0.230. The summed E-state index contributed by atoms with van der Waals surface area (Å²) in [6.07, 6.45) is 0.764. The lowest BCUT2D eigenvalue weighted by atomic mass is 10.2. The molecule has 1 aromatic heterocycles. The lowest BCUT2D eigenvalue weighted by Crippen LogP contribution is -2.46. The zero-order chi connectivity index (χ0) is 18.6. The van der Waals surface area contributed by atoms with Gasteiger partial charge >= 0.3 is 5.69 Å². The van der Waals surface area contributed by atoms with Gasteiger partial charge in [0, 0.05) is 26.8 Å². The molecule has 1 aromatic rings. The van der Waals surface area contributed by atoms with Crippen LogP contribution in [0.4, 0.5) is 11.5 Å². The van der Waals surface area contributed by atoms with Gasteiger partial charge in [-0.05, 0) is 18.8 Å². The van der Waals surface area contributed by atoms with E-state index < -0.39 is 17.4 Å². The Morgan fingerprint density at radius 2 is 2.20 bits per heavy atom. The number of carbonyl (C=O) groups is 1. The molecule has 0 saturated carbocycles. The third-order valence-electron chi connectivity index (χ3n) is 4.02. The Balaban J connectivity index is 2.50. The van der Waals surface area contributed by atoms with Crippen LogP contribution in [-0.4, -0.2) is 48.4 Å². The van der Waals surface area contributed by atoms with Crippen LogP contribution in [0.3, 0.4) is 0 Å². The lowest BCUT2D eigenvalue weighted by Gasteiger charge is -2.26. The van der Waals surface area contributed by atoms with Gasteiger partial charge in [0.1, 0.15) is 11.9 Å². The van der Waals surface area contributed by atoms with Crippen LogP contribution >= 0.6 is 0 Å². The van der Waals surface area contributed by atoms with E-state index >= 15 is 0 Å². The third-order valence-corrected chi connectivity index (χ3v) is 4.02. The molecule has 0 radical (unpaired) electrons. The van der Waals surface area contributed by atoms with Crippen molar-refractivity contribution in [1.82, 2.24) is 9.55 Å². The number of nitrogens with one attached hydrogen (secondary N) is 1. The molecule has 2 rings (SSSR count). The summed E-state index contributed by atoms with van der Waals surface area (Å²) < 4.78 is 11.8. The minimum absolute atomic E-state index is 0.0232. The summed E-state index contributed by atoms with van der Waals surface area (Å²) in [5, 5.41) is 0. The fourth-order valence-electron chi connectivity index (χ4n) is 2.85. The Morgan fingerprint density at radius 1 is 1.48 bits per heavy atom. The number of hydrogen-bond acceptors (Lipinski definition) is 6. The minimum Gasteiger partial charge on any atom is -0.383 e. The first kappa shape index (κ1) is 19.2. The first-order chi connectivity index (χ1) is 11.9. The number of nitrogens with two attached hydrogens (primary N) is 1. The number of methoxy groups -OCH3 is 1. The number of ether oxygens (including phenoxy) is 2. The average molecular weight is 354 g/mol. The molecular weight excluding hydrogens is 328 g/mol. The molecule has 1 saturated heterocycles. The molecule has 140 valence electrons. The molecule has 1 aliphatic heterocycles. The van der Waals surface area contributed by atoms with Gasteiger partial charge in [0.15, 0.2) is 5.69 Å². The van der Waals surface area contributed by atoms with E-state index in [2.05, 4.69) is 4.98 Å². The van der Waals surface area contributed by atoms with Gasteiger partial charge in [0.05, 0.1) is 6.61 Å². The summed E-state index contributed by atoms with van der Waals surface area (Å²) in [6.45, 7) is 5.06. The van der Waals surface area contributed by atoms with Crippen LogP contribution in [-0.2, 0) is 20.8 Å². The Morgan fingerprint density at radius 3 is 2.76 bits per heavy atom. The van der Waals surface area contributed by atoms with E-state index in [0.29, 0.717) is 19.6 Å². The lowest BCUT2D eigenvalue weighted by molar-refractivity contribution is -0.127. The Hall–Kier alpha value is -2.13. The van der Waals surface area contributed by atoms with Crippen LogP contribution in [0, 0.1) is 5.92 Å². The van der Waals surface area contributed by atoms with Gasteiger partial charge in [0.2, 0.25) is 0 Å². The van der Waals surface area contributed by atoms with Crippen molar-refractivity contribution in [3.8, 4) is 0 Å². The second kappa shape index (κ2) is 8.30. The van der Waals surface area contributed by atoms with Gasteiger partial charge in [-0.3, -0.25) is 24.0 Å². The van der Waals surface area contributed by atoms with Crippen molar-refractivity contribution in [2.75, 3.05) is 37.5 Å². The maximum atomic E-state index is 12.8. The normalized spacial score (nSPS) is 17.2. The highest BCUT2D eigenvalue weighted by Gasteiger charge is 2.32. The summed E-state index contributed by atoms with van der Waals surface area (Å²) >= 11 is 0. The van der Waals surface area contributed by atoms with E-state index in [9.17, 15) is 14.4 Å². The van der Waals surface area contributed by atoms with Crippen LogP contribution in [0.25, 0.3) is 0 Å². The Labute approximate surface area is 145 Å². The third kappa shape index (κ3) is 4.29. The van der Waals surface area contributed by atoms with Crippen LogP contribution < -0.4 is 21.9 Å². The second-order valence-electron chi connectivity index (χ2n) is 6.48. The minimum atomic E-state index is -0.690. The molecule has 0 spiro atoms. The maximum absolute atomic E-state index is 12.8. The van der Waals surface area contributed by atoms with Crippen molar-refractivity contribution in [3.05, 3.63) is 20.8 Å². The molecule has 9 heteroatoms. The molecule has 3 N–H and O–H groups in total. The van der Waals surface area contributed by atoms with E-state index in [-0.39, 0.29) is 36.5 Å². The average Bonchev–Trinajstić information content (AvgIpc) is 3.08. The number of nitrogens with zero attached hydrogens (tertiary/aromatic N) is 2. The predicted octanol–water partition coefficient (Wildman–Crippen LogP) is -0.0668. The highest BCUT2D eigenvalue weighted by molar-refractivity contribution is 5.98. The molecule has 1 amide bonds. The maximum Gasteiger partial charge on any atom is 0.330 e. The predicted molar refractivity (Wildman–Crippen MR) is 93.8 cm³/mol. The number of carbonyl (C=O) groups excluding carboxylic acids is 1. The van der Waals surface area contributed by atoms with Crippen molar-refractivity contribution < 1.29 is 14.3 Å². The number of nitrogen functional groups attached to an aromatic ring is 1. The number of anilines is 2. The second-order valence-corrected chi connectivity index (χ2v) is 6.48. The number of aromatic nitrogens is 2. The molecule has 1 fully saturated rings. The van der Waals surface area contributed by atoms with Crippen molar-refractivity contribution in [1.29, 1.82) is 0 Å². The molecule has 1 atom stereocenters. The molecule has 0 bridgehead atoms. The van der Waals surface area contributed by atoms with Crippen molar-refractivity contribution >= 4 is 17.4 Å². The van der Waals surface area contributed by atoms with Crippen molar-refractivity contribution in [2.45, 2.75) is 39.3 Å². The monoisotopic (exact) mass is 354 g/mol. The van der Waals surface area contributed by atoms with Crippen LogP contribution in [0.5, 0.6) is 0 Å². The van der Waals surface area contributed by atoms with E-state index in [1.807, 2.05) is 13.8 Å². The smallest absolute Gasteiger partial charge is 0.330 e. The van der Waals surface area contributed by atoms with Crippen molar-refractivity contribution in [3.63, 3.8) is 0 Å². The summed E-state index contributed by atoms with van der Waals surface area (Å²) in [6, 6.07) is 0. The van der Waals surface area contributed by atoms with Crippen LogP contribution in [0.2, 0.25) is 0 Å². The zero-order valence-corrected chi connectivity index (χ0v) is 14.9.